The van der Waals surface area contributed by atoms with E-state index >= 15 is 0 Å². The molecule has 0 aliphatic carbocycles. The van der Waals surface area contributed by atoms with Gasteiger partial charge in [-0.25, -0.2) is 4.79 Å². The number of carbonyl (C=O) groups is 1. The molecule has 128 valence electrons. The molecule has 3 rings (SSSR count). The van der Waals surface area contributed by atoms with Gasteiger partial charge in [0.05, 0.1) is 11.6 Å². The van der Waals surface area contributed by atoms with Crippen LogP contribution in [0.3, 0.4) is 0 Å². The summed E-state index contributed by atoms with van der Waals surface area (Å²) < 4.78 is 16.4. The number of fused-ring (bicyclic) bond motifs is 1. The molecule has 6 heteroatoms. The summed E-state index contributed by atoms with van der Waals surface area (Å²) in [4.78, 5) is 23.3. The minimum atomic E-state index is -0.443. The molecule has 0 N–H and O–H groups in total. The molecule has 0 atom stereocenters. The molecule has 0 aliphatic rings. The summed E-state index contributed by atoms with van der Waals surface area (Å²) in [5.74, 6) is 0.733. The van der Waals surface area contributed by atoms with Crippen LogP contribution in [0, 0.1) is 0 Å². The van der Waals surface area contributed by atoms with E-state index in [2.05, 4.69) is 15.9 Å². The molecule has 0 unspecified atom stereocenters. The number of carbonyl (C=O) groups excluding carboxylic acids is 1. The maximum atomic E-state index is 12.0. The molecule has 0 saturated heterocycles. The third kappa shape index (κ3) is 4.28. The van der Waals surface area contributed by atoms with Crippen molar-refractivity contribution in [1.82, 2.24) is 0 Å². The van der Waals surface area contributed by atoms with Crippen LogP contribution in [0.2, 0.25) is 0 Å². The van der Waals surface area contributed by atoms with Crippen molar-refractivity contribution in [2.45, 2.75) is 12.8 Å². The largest absolute Gasteiger partial charge is 0.496 e. The Bertz CT molecular complexity index is 977. The van der Waals surface area contributed by atoms with Crippen molar-refractivity contribution in [2.24, 2.45) is 0 Å². The Morgan fingerprint density at radius 2 is 1.92 bits per heavy atom. The number of hydrogen-bond acceptors (Lipinski definition) is 5. The fraction of sp³-hybridized carbons (Fsp3) is 0.158. The van der Waals surface area contributed by atoms with Gasteiger partial charge in [0.2, 0.25) is 0 Å². The molecule has 0 bridgehead atoms. The van der Waals surface area contributed by atoms with Gasteiger partial charge in [0.1, 0.15) is 17.1 Å². The molecule has 0 fully saturated rings. The highest BCUT2D eigenvalue weighted by Gasteiger charge is 2.09. The fourth-order valence-electron chi connectivity index (χ4n) is 2.40. The maximum Gasteiger partial charge on any atom is 0.336 e. The Labute approximate surface area is 152 Å². The van der Waals surface area contributed by atoms with Gasteiger partial charge in [0.15, 0.2) is 0 Å². The van der Waals surface area contributed by atoms with Crippen LogP contribution >= 0.6 is 15.9 Å². The molecule has 25 heavy (non-hydrogen) atoms. The van der Waals surface area contributed by atoms with Crippen LogP contribution in [0.25, 0.3) is 11.0 Å². The molecule has 0 saturated carbocycles. The predicted octanol–water partition coefficient (Wildman–Crippen LogP) is 4.10. The smallest absolute Gasteiger partial charge is 0.336 e. The topological polar surface area (TPSA) is 65.7 Å². The second-order valence-corrected chi connectivity index (χ2v) is 6.25. The minimum absolute atomic E-state index is 0.232. The molecule has 0 amide bonds. The number of halogens is 1. The summed E-state index contributed by atoms with van der Waals surface area (Å²) >= 11 is 3.42. The van der Waals surface area contributed by atoms with Crippen molar-refractivity contribution in [1.29, 1.82) is 0 Å². The molecule has 0 radical (unpaired) electrons. The van der Waals surface area contributed by atoms with Gasteiger partial charge in [0, 0.05) is 23.9 Å². The van der Waals surface area contributed by atoms with Crippen molar-refractivity contribution in [3.05, 3.63) is 69.0 Å². The number of benzene rings is 2. The highest BCUT2D eigenvalue weighted by Crippen LogP contribution is 2.26. The molecule has 2 aromatic carbocycles. The Balaban J connectivity index is 1.64. The van der Waals surface area contributed by atoms with Crippen LogP contribution in [0.5, 0.6) is 11.5 Å². The van der Waals surface area contributed by atoms with E-state index in [4.69, 9.17) is 13.9 Å². The van der Waals surface area contributed by atoms with Crippen LogP contribution < -0.4 is 15.1 Å². The first kappa shape index (κ1) is 17.2. The van der Waals surface area contributed by atoms with Crippen molar-refractivity contribution < 1.29 is 18.7 Å². The Morgan fingerprint density at radius 1 is 1.12 bits per heavy atom. The van der Waals surface area contributed by atoms with E-state index in [-0.39, 0.29) is 12.4 Å². The minimum Gasteiger partial charge on any atom is -0.496 e. The highest BCUT2D eigenvalue weighted by atomic mass is 79.9. The van der Waals surface area contributed by atoms with Crippen molar-refractivity contribution >= 4 is 32.9 Å². The molecule has 3 aromatic rings. The van der Waals surface area contributed by atoms with Crippen LogP contribution in [-0.2, 0) is 11.2 Å². The summed E-state index contributed by atoms with van der Waals surface area (Å²) in [7, 11) is 1.60. The van der Waals surface area contributed by atoms with E-state index in [1.54, 1.807) is 31.4 Å². The lowest BCUT2D eigenvalue weighted by Crippen LogP contribution is -2.09. The van der Waals surface area contributed by atoms with E-state index in [0.717, 1.165) is 21.2 Å². The monoisotopic (exact) mass is 402 g/mol. The molecule has 5 nitrogen and oxygen atoms in total. The molecule has 1 aromatic heterocycles. The zero-order valence-electron chi connectivity index (χ0n) is 13.5. The summed E-state index contributed by atoms with van der Waals surface area (Å²) in [6, 6.07) is 13.6. The summed E-state index contributed by atoms with van der Waals surface area (Å²) in [5, 5.41) is 0.766. The third-order valence-electron chi connectivity index (χ3n) is 3.66. The standard InChI is InChI=1S/C19H15BrO5/c1-23-16-7-2-12(10-15(16)20)3-8-18(21)24-14-6-4-13-5-9-19(22)25-17(13)11-14/h2,4-7,9-11H,3,8H2,1H3. The van der Waals surface area contributed by atoms with Gasteiger partial charge in [-0.1, -0.05) is 6.07 Å². The maximum absolute atomic E-state index is 12.0. The molecule has 1 heterocycles. The number of methoxy groups -OCH3 is 1. The summed E-state index contributed by atoms with van der Waals surface area (Å²) in [6.07, 6.45) is 0.777. The van der Waals surface area contributed by atoms with Crippen molar-refractivity contribution in [3.8, 4) is 11.5 Å². The number of esters is 1. The molecular weight excluding hydrogens is 388 g/mol. The van der Waals surface area contributed by atoms with Gasteiger partial charge in [-0.2, -0.15) is 0 Å². The second kappa shape index (κ2) is 7.53. The van der Waals surface area contributed by atoms with Gasteiger partial charge in [0.25, 0.3) is 0 Å². The average molecular weight is 403 g/mol. The fourth-order valence-corrected chi connectivity index (χ4v) is 2.99. The summed E-state index contributed by atoms with van der Waals surface area (Å²) in [6.45, 7) is 0. The Morgan fingerprint density at radius 3 is 2.68 bits per heavy atom. The molecule has 0 aliphatic heterocycles. The van der Waals surface area contributed by atoms with E-state index in [9.17, 15) is 9.59 Å². The van der Waals surface area contributed by atoms with E-state index in [1.165, 1.54) is 6.07 Å². The number of aryl methyl sites for hydroxylation is 1. The van der Waals surface area contributed by atoms with E-state index in [1.807, 2.05) is 18.2 Å². The summed E-state index contributed by atoms with van der Waals surface area (Å²) in [5.41, 5.74) is 0.937. The number of rotatable bonds is 5. The van der Waals surface area contributed by atoms with Crippen LogP contribution in [-0.4, -0.2) is 13.1 Å². The van der Waals surface area contributed by atoms with E-state index in [0.29, 0.717) is 17.8 Å². The van der Waals surface area contributed by atoms with Gasteiger partial charge >= 0.3 is 11.6 Å². The first-order chi connectivity index (χ1) is 12.0. The van der Waals surface area contributed by atoms with Gasteiger partial charge in [-0.3, -0.25) is 4.79 Å². The third-order valence-corrected chi connectivity index (χ3v) is 4.28. The van der Waals surface area contributed by atoms with Crippen molar-refractivity contribution in [3.63, 3.8) is 0 Å². The lowest BCUT2D eigenvalue weighted by molar-refractivity contribution is -0.134. The van der Waals surface area contributed by atoms with Crippen LogP contribution in [0.15, 0.2) is 62.2 Å². The lowest BCUT2D eigenvalue weighted by atomic mass is 10.1. The number of ether oxygens (including phenoxy) is 2. The SMILES string of the molecule is COc1ccc(CCC(=O)Oc2ccc3ccc(=O)oc3c2)cc1Br. The lowest BCUT2D eigenvalue weighted by Gasteiger charge is -2.07. The molecule has 0 spiro atoms. The van der Waals surface area contributed by atoms with Gasteiger partial charge in [-0.15, -0.1) is 0 Å². The predicted molar refractivity (Wildman–Crippen MR) is 97.1 cm³/mol. The zero-order valence-corrected chi connectivity index (χ0v) is 15.0. The van der Waals surface area contributed by atoms with Gasteiger partial charge < -0.3 is 13.9 Å². The quantitative estimate of drug-likeness (QED) is 0.365. The first-order valence-electron chi connectivity index (χ1n) is 7.62. The zero-order chi connectivity index (χ0) is 17.8. The Hall–Kier alpha value is -2.60. The van der Waals surface area contributed by atoms with Crippen LogP contribution in [0.1, 0.15) is 12.0 Å². The normalized spacial score (nSPS) is 10.6. The first-order valence-corrected chi connectivity index (χ1v) is 8.41. The average Bonchev–Trinajstić information content (AvgIpc) is 2.59. The van der Waals surface area contributed by atoms with Gasteiger partial charge in [-0.05, 0) is 58.2 Å². The highest BCUT2D eigenvalue weighted by molar-refractivity contribution is 9.10. The number of hydrogen-bond donors (Lipinski definition) is 0. The van der Waals surface area contributed by atoms with E-state index < -0.39 is 5.63 Å². The van der Waals surface area contributed by atoms with Crippen LogP contribution in [0.4, 0.5) is 0 Å². The Kier molecular flexibility index (Phi) is 5.19. The molecular formula is C19H15BrO5. The second-order valence-electron chi connectivity index (χ2n) is 5.40. The van der Waals surface area contributed by atoms with Crippen molar-refractivity contribution in [2.75, 3.05) is 7.11 Å².